The number of hydrazine groups is 1. The third kappa shape index (κ3) is 4.92. The molecular weight excluding hydrogens is 416 g/mol. The Bertz CT molecular complexity index is 774. The van der Waals surface area contributed by atoms with Crippen molar-refractivity contribution in [1.82, 2.24) is 24.1 Å². The number of amides is 2. The molecule has 3 heterocycles. The van der Waals surface area contributed by atoms with Crippen LogP contribution in [0.3, 0.4) is 0 Å². The minimum Gasteiger partial charge on any atom is -0.465 e. The highest BCUT2D eigenvalue weighted by Gasteiger charge is 2.39. The highest BCUT2D eigenvalue weighted by atomic mass is 32.2. The number of rotatable bonds is 4. The number of nitrogens with zero attached hydrogens (tertiary/aromatic N) is 6. The molecule has 31 heavy (non-hydrogen) atoms. The van der Waals surface area contributed by atoms with Gasteiger partial charge in [-0.25, -0.2) is 9.80 Å². The summed E-state index contributed by atoms with van der Waals surface area (Å²) in [5.41, 5.74) is 1.21. The van der Waals surface area contributed by atoms with Crippen molar-refractivity contribution < 1.29 is 14.7 Å². The van der Waals surface area contributed by atoms with E-state index in [-0.39, 0.29) is 5.91 Å². The van der Waals surface area contributed by atoms with Gasteiger partial charge in [-0.05, 0) is 37.9 Å². The van der Waals surface area contributed by atoms with Crippen molar-refractivity contribution in [2.75, 3.05) is 63.3 Å². The number of carboxylic acid groups (broad SMARTS) is 1. The first-order chi connectivity index (χ1) is 14.9. The number of hydrogen-bond acceptors (Lipinski definition) is 7. The Morgan fingerprint density at radius 1 is 1.03 bits per heavy atom. The van der Waals surface area contributed by atoms with Crippen LogP contribution in [0, 0.1) is 0 Å². The SMILES string of the molecule is CC(C)N1CCN(C(=O)O)[C@@H](C(=O)N2CCN(N3CN(c4ccccc4)CS3)CC2)C1. The number of benzene rings is 1. The molecule has 0 bridgehead atoms. The molecule has 2 amide bonds. The first-order valence-electron chi connectivity index (χ1n) is 10.9. The van der Waals surface area contributed by atoms with Gasteiger partial charge in [0.25, 0.3) is 0 Å². The first kappa shape index (κ1) is 22.2. The van der Waals surface area contributed by atoms with E-state index >= 15 is 0 Å². The molecule has 1 aromatic rings. The summed E-state index contributed by atoms with van der Waals surface area (Å²) < 4.78 is 2.28. The van der Waals surface area contributed by atoms with Crippen molar-refractivity contribution in [3.05, 3.63) is 30.3 Å². The zero-order valence-electron chi connectivity index (χ0n) is 18.3. The second kappa shape index (κ2) is 9.64. The van der Waals surface area contributed by atoms with Crippen LogP contribution in [0.4, 0.5) is 10.5 Å². The van der Waals surface area contributed by atoms with Gasteiger partial charge in [0.2, 0.25) is 5.91 Å². The molecule has 9 nitrogen and oxygen atoms in total. The van der Waals surface area contributed by atoms with Crippen molar-refractivity contribution in [3.63, 3.8) is 0 Å². The zero-order chi connectivity index (χ0) is 22.0. The number of hydrogen-bond donors (Lipinski definition) is 1. The molecule has 10 heteroatoms. The lowest BCUT2D eigenvalue weighted by Crippen LogP contribution is -2.64. The molecule has 3 aliphatic heterocycles. The van der Waals surface area contributed by atoms with Crippen molar-refractivity contribution in [2.24, 2.45) is 0 Å². The van der Waals surface area contributed by atoms with E-state index in [1.807, 2.05) is 11.0 Å². The lowest BCUT2D eigenvalue weighted by atomic mass is 10.1. The Kier molecular flexibility index (Phi) is 6.90. The Balaban J connectivity index is 1.32. The fourth-order valence-electron chi connectivity index (χ4n) is 4.39. The summed E-state index contributed by atoms with van der Waals surface area (Å²) >= 11 is 1.79. The van der Waals surface area contributed by atoms with Gasteiger partial charge >= 0.3 is 6.09 Å². The van der Waals surface area contributed by atoms with Crippen molar-refractivity contribution in [2.45, 2.75) is 25.9 Å². The van der Waals surface area contributed by atoms with Gasteiger partial charge in [-0.3, -0.25) is 14.6 Å². The van der Waals surface area contributed by atoms with Gasteiger partial charge in [0, 0.05) is 57.5 Å². The van der Waals surface area contributed by atoms with E-state index in [4.69, 9.17) is 0 Å². The van der Waals surface area contributed by atoms with Crippen LogP contribution in [0.5, 0.6) is 0 Å². The maximum absolute atomic E-state index is 13.2. The molecule has 0 spiro atoms. The summed E-state index contributed by atoms with van der Waals surface area (Å²) in [5, 5.41) is 11.9. The van der Waals surface area contributed by atoms with Gasteiger partial charge in [-0.2, -0.15) is 4.41 Å². The van der Waals surface area contributed by atoms with Crippen LogP contribution in [0.25, 0.3) is 0 Å². The van der Waals surface area contributed by atoms with E-state index in [0.717, 1.165) is 25.6 Å². The van der Waals surface area contributed by atoms with Crippen LogP contribution < -0.4 is 4.90 Å². The van der Waals surface area contributed by atoms with E-state index in [2.05, 4.69) is 57.3 Å². The van der Waals surface area contributed by atoms with Crippen LogP contribution >= 0.6 is 11.9 Å². The Hall–Kier alpha value is -2.01. The highest BCUT2D eigenvalue weighted by Crippen LogP contribution is 2.29. The Morgan fingerprint density at radius 3 is 2.39 bits per heavy atom. The molecule has 3 fully saturated rings. The molecule has 1 atom stereocenters. The second-order valence-electron chi connectivity index (χ2n) is 8.49. The zero-order valence-corrected chi connectivity index (χ0v) is 19.1. The lowest BCUT2D eigenvalue weighted by molar-refractivity contribution is -0.142. The predicted molar refractivity (Wildman–Crippen MR) is 121 cm³/mol. The summed E-state index contributed by atoms with van der Waals surface area (Å²) in [4.78, 5) is 32.7. The van der Waals surface area contributed by atoms with Gasteiger partial charge in [0.15, 0.2) is 0 Å². The van der Waals surface area contributed by atoms with Gasteiger partial charge in [0.1, 0.15) is 6.04 Å². The average Bonchev–Trinajstić information content (AvgIpc) is 3.29. The van der Waals surface area contributed by atoms with Crippen molar-refractivity contribution >= 4 is 29.6 Å². The molecular formula is C21H32N6O3S. The second-order valence-corrected chi connectivity index (χ2v) is 9.42. The Labute approximate surface area is 188 Å². The van der Waals surface area contributed by atoms with Gasteiger partial charge in [0.05, 0.1) is 12.5 Å². The summed E-state index contributed by atoms with van der Waals surface area (Å²) in [5.74, 6) is 0.844. The summed E-state index contributed by atoms with van der Waals surface area (Å²) in [6.07, 6.45) is -1.00. The van der Waals surface area contributed by atoms with Crippen LogP contribution in [-0.2, 0) is 4.79 Å². The topological polar surface area (TPSA) is 73.8 Å². The fourth-order valence-corrected chi connectivity index (χ4v) is 5.44. The van der Waals surface area contributed by atoms with E-state index in [1.165, 1.54) is 10.6 Å². The normalized spacial score (nSPS) is 24.2. The quantitative estimate of drug-likeness (QED) is 0.695. The van der Waals surface area contributed by atoms with E-state index in [0.29, 0.717) is 38.8 Å². The van der Waals surface area contributed by atoms with Gasteiger partial charge in [-0.15, -0.1) is 0 Å². The summed E-state index contributed by atoms with van der Waals surface area (Å²) in [6, 6.07) is 10.1. The third-order valence-electron chi connectivity index (χ3n) is 6.33. The molecule has 0 aromatic heterocycles. The molecule has 3 aliphatic rings. The maximum Gasteiger partial charge on any atom is 0.408 e. The van der Waals surface area contributed by atoms with Crippen LogP contribution in [0.15, 0.2) is 30.3 Å². The standard InChI is InChI=1S/C21H32N6O3S/c1-17(2)23-10-13-26(21(29)30)19(14-23)20(28)22-8-11-25(12-9-22)27-15-24(16-31-27)18-6-4-3-5-7-18/h3-7,17,19H,8-16H2,1-2H3,(H,29,30)/t19-/m1/s1. The number of carbonyl (C=O) groups excluding carboxylic acids is 1. The van der Waals surface area contributed by atoms with Crippen LogP contribution in [-0.4, -0.2) is 112 Å². The van der Waals surface area contributed by atoms with E-state index in [9.17, 15) is 14.7 Å². The van der Waals surface area contributed by atoms with Gasteiger partial charge < -0.3 is 14.9 Å². The smallest absolute Gasteiger partial charge is 0.408 e. The number of para-hydroxylation sites is 1. The lowest BCUT2D eigenvalue weighted by Gasteiger charge is -2.44. The molecule has 0 unspecified atom stereocenters. The van der Waals surface area contributed by atoms with E-state index < -0.39 is 12.1 Å². The minimum absolute atomic E-state index is 0.0626. The molecule has 0 radical (unpaired) electrons. The molecule has 1 N–H and O–H groups in total. The largest absolute Gasteiger partial charge is 0.465 e. The third-order valence-corrected chi connectivity index (χ3v) is 7.40. The number of anilines is 1. The van der Waals surface area contributed by atoms with Crippen LogP contribution in [0.1, 0.15) is 13.8 Å². The summed E-state index contributed by atoms with van der Waals surface area (Å²) in [6.45, 7) is 9.27. The number of carbonyl (C=O) groups is 2. The fraction of sp³-hybridized carbons (Fsp3) is 0.619. The first-order valence-corrected chi connectivity index (χ1v) is 11.9. The van der Waals surface area contributed by atoms with Gasteiger partial charge in [-0.1, -0.05) is 18.2 Å². The molecule has 1 aromatic carbocycles. The average molecular weight is 449 g/mol. The minimum atomic E-state index is -1.00. The van der Waals surface area contributed by atoms with Crippen molar-refractivity contribution in [1.29, 1.82) is 0 Å². The molecule has 4 rings (SSSR count). The maximum atomic E-state index is 13.2. The monoisotopic (exact) mass is 448 g/mol. The summed E-state index contributed by atoms with van der Waals surface area (Å²) in [7, 11) is 0. The van der Waals surface area contributed by atoms with E-state index in [1.54, 1.807) is 11.9 Å². The number of piperazine rings is 2. The molecule has 0 saturated carbocycles. The highest BCUT2D eigenvalue weighted by molar-refractivity contribution is 7.97. The Morgan fingerprint density at radius 2 is 1.74 bits per heavy atom. The van der Waals surface area contributed by atoms with Crippen molar-refractivity contribution in [3.8, 4) is 0 Å². The molecule has 170 valence electrons. The molecule has 0 aliphatic carbocycles. The van der Waals surface area contributed by atoms with Crippen LogP contribution in [0.2, 0.25) is 0 Å². The predicted octanol–water partition coefficient (Wildman–Crippen LogP) is 1.50. The molecule has 3 saturated heterocycles.